The third-order valence-corrected chi connectivity index (χ3v) is 12.1. The van der Waals surface area contributed by atoms with Gasteiger partial charge < -0.3 is 9.47 Å². The van der Waals surface area contributed by atoms with E-state index in [1.165, 1.54) is 43.8 Å². The second-order valence-corrected chi connectivity index (χ2v) is 13.7. The maximum absolute atomic E-state index is 5.95. The maximum Gasteiger partial charge on any atom is 0.125 e. The smallest absolute Gasteiger partial charge is 0.125 e. The number of ether oxygens (including phenoxy) is 2. The van der Waals surface area contributed by atoms with Crippen LogP contribution in [0.1, 0.15) is 29.2 Å². The lowest BCUT2D eigenvalue weighted by molar-refractivity contribution is 0.413. The van der Waals surface area contributed by atoms with Crippen molar-refractivity contribution in [3.05, 3.63) is 131 Å². The van der Waals surface area contributed by atoms with E-state index in [0.29, 0.717) is 0 Å². The molecule has 0 spiro atoms. The molecule has 0 amide bonds. The summed E-state index contributed by atoms with van der Waals surface area (Å²) < 4.78 is 11.9. The van der Waals surface area contributed by atoms with Crippen molar-refractivity contribution in [3.8, 4) is 11.5 Å². The van der Waals surface area contributed by atoms with Crippen molar-refractivity contribution in [2.45, 2.75) is 19.5 Å². The van der Waals surface area contributed by atoms with Crippen LogP contribution in [-0.4, -0.2) is 22.3 Å². The van der Waals surface area contributed by atoms with Crippen LogP contribution in [0.5, 0.6) is 11.5 Å². The summed E-state index contributed by atoms with van der Waals surface area (Å²) in [7, 11) is 1.26. The van der Waals surface area contributed by atoms with Crippen LogP contribution in [0.25, 0.3) is 21.5 Å². The minimum atomic E-state index is -2.29. The van der Waals surface area contributed by atoms with Gasteiger partial charge in [0.2, 0.25) is 0 Å². The number of allylic oxidation sites excluding steroid dienone is 2. The Hall–Kier alpha value is -3.82. The molecule has 0 N–H and O–H groups in total. The predicted molar refractivity (Wildman–Crippen MR) is 155 cm³/mol. The second kappa shape index (κ2) is 10.0. The number of hydrogen-bond acceptors (Lipinski definition) is 2. The predicted octanol–water partition coefficient (Wildman–Crippen LogP) is 8.42. The summed E-state index contributed by atoms with van der Waals surface area (Å²) >= 11 is 0. The summed E-state index contributed by atoms with van der Waals surface area (Å²) in [5.41, 5.74) is 7.46. The fraction of sp³-hybridized carbons (Fsp3) is 0.152. The molecular weight excluding hydrogens is 456 g/mol. The molecule has 180 valence electrons. The van der Waals surface area contributed by atoms with E-state index in [0.717, 1.165) is 17.5 Å². The monoisotopic (exact) mass is 488 g/mol. The SMILES string of the molecule is CC[Si]1(C)C(c2ccccc2OC)=C(c2ccccc2)C(c2ccccc2)=C1c1ccccc1OC. The molecule has 0 aromatic heterocycles. The highest BCUT2D eigenvalue weighted by Gasteiger charge is 2.47. The topological polar surface area (TPSA) is 18.5 Å². The van der Waals surface area contributed by atoms with Gasteiger partial charge in [-0.15, -0.1) is 0 Å². The Balaban J connectivity index is 1.98. The average Bonchev–Trinajstić information content (AvgIpc) is 3.23. The van der Waals surface area contributed by atoms with Crippen molar-refractivity contribution in [1.29, 1.82) is 0 Å². The summed E-state index contributed by atoms with van der Waals surface area (Å²) in [4.78, 5) is 0. The van der Waals surface area contributed by atoms with Gasteiger partial charge in [-0.1, -0.05) is 117 Å². The Bertz CT molecular complexity index is 1330. The fourth-order valence-corrected chi connectivity index (χ4v) is 9.83. The van der Waals surface area contributed by atoms with E-state index in [1.807, 2.05) is 0 Å². The maximum atomic E-state index is 5.95. The zero-order valence-corrected chi connectivity index (χ0v) is 22.4. The third kappa shape index (κ3) is 3.90. The van der Waals surface area contributed by atoms with Crippen molar-refractivity contribution in [2.24, 2.45) is 0 Å². The van der Waals surface area contributed by atoms with Crippen molar-refractivity contribution >= 4 is 29.6 Å². The molecule has 0 bridgehead atoms. The van der Waals surface area contributed by atoms with Gasteiger partial charge in [-0.05, 0) is 44.8 Å². The molecule has 1 aliphatic heterocycles. The van der Waals surface area contributed by atoms with Gasteiger partial charge in [0.1, 0.15) is 19.6 Å². The molecule has 0 unspecified atom stereocenters. The molecule has 1 aliphatic rings. The molecule has 4 aromatic carbocycles. The summed E-state index contributed by atoms with van der Waals surface area (Å²) in [6.07, 6.45) is 0. The number of benzene rings is 4. The molecule has 5 rings (SSSR count). The summed E-state index contributed by atoms with van der Waals surface area (Å²) in [5, 5.41) is 2.85. The van der Waals surface area contributed by atoms with Gasteiger partial charge in [0.25, 0.3) is 0 Å². The van der Waals surface area contributed by atoms with Gasteiger partial charge in [0.15, 0.2) is 0 Å². The van der Waals surface area contributed by atoms with Crippen molar-refractivity contribution in [1.82, 2.24) is 0 Å². The van der Waals surface area contributed by atoms with Crippen molar-refractivity contribution in [3.63, 3.8) is 0 Å². The zero-order valence-electron chi connectivity index (χ0n) is 21.4. The zero-order chi connectivity index (χ0) is 25.1. The van der Waals surface area contributed by atoms with Crippen LogP contribution in [0.4, 0.5) is 0 Å². The molecule has 4 aromatic rings. The highest BCUT2D eigenvalue weighted by molar-refractivity contribution is 7.14. The van der Waals surface area contributed by atoms with Crippen LogP contribution in [-0.2, 0) is 0 Å². The van der Waals surface area contributed by atoms with Gasteiger partial charge in [0, 0.05) is 11.1 Å². The van der Waals surface area contributed by atoms with Crippen molar-refractivity contribution in [2.75, 3.05) is 14.2 Å². The standard InChI is InChI=1S/C33H32O2Si/c1-5-36(4)32(26-20-12-14-22-28(26)34-2)30(24-16-8-6-9-17-24)31(25-18-10-7-11-19-25)33(36)27-21-13-15-23-29(27)35-3/h6-23H,5H2,1-4H3. The quantitative estimate of drug-likeness (QED) is 0.243. The molecule has 0 aliphatic carbocycles. The van der Waals surface area contributed by atoms with E-state index in [4.69, 9.17) is 9.47 Å². The van der Waals surface area contributed by atoms with Crippen LogP contribution >= 0.6 is 0 Å². The number of rotatable bonds is 7. The normalized spacial score (nSPS) is 14.8. The van der Waals surface area contributed by atoms with Gasteiger partial charge in [0.05, 0.1) is 14.2 Å². The Kier molecular flexibility index (Phi) is 6.66. The van der Waals surface area contributed by atoms with Crippen LogP contribution in [0, 0.1) is 0 Å². The van der Waals surface area contributed by atoms with E-state index in [-0.39, 0.29) is 0 Å². The molecule has 3 heteroatoms. The molecule has 0 saturated carbocycles. The number of hydrogen-bond donors (Lipinski definition) is 0. The third-order valence-electron chi connectivity index (χ3n) is 7.44. The molecule has 0 saturated heterocycles. The van der Waals surface area contributed by atoms with E-state index in [9.17, 15) is 0 Å². The van der Waals surface area contributed by atoms with Crippen LogP contribution in [0.2, 0.25) is 12.6 Å². The van der Waals surface area contributed by atoms with Crippen LogP contribution < -0.4 is 9.47 Å². The lowest BCUT2D eigenvalue weighted by atomic mass is 9.89. The molecular formula is C33H32O2Si. The Morgan fingerprint density at radius 1 is 0.528 bits per heavy atom. The first kappa shape index (κ1) is 23.9. The van der Waals surface area contributed by atoms with E-state index < -0.39 is 8.07 Å². The number of methoxy groups -OCH3 is 2. The molecule has 0 atom stereocenters. The summed E-state index contributed by atoms with van der Waals surface area (Å²) in [5.74, 6) is 1.84. The molecule has 1 heterocycles. The lowest BCUT2D eigenvalue weighted by Crippen LogP contribution is -2.32. The largest absolute Gasteiger partial charge is 0.496 e. The Labute approximate surface area is 215 Å². The van der Waals surface area contributed by atoms with Crippen molar-refractivity contribution < 1.29 is 9.47 Å². The minimum absolute atomic E-state index is 0.918. The molecule has 2 nitrogen and oxygen atoms in total. The molecule has 36 heavy (non-hydrogen) atoms. The van der Waals surface area contributed by atoms with Crippen LogP contribution in [0.3, 0.4) is 0 Å². The highest BCUT2D eigenvalue weighted by Crippen LogP contribution is 2.58. The highest BCUT2D eigenvalue weighted by atomic mass is 28.3. The molecule has 0 fully saturated rings. The van der Waals surface area contributed by atoms with Crippen LogP contribution in [0.15, 0.2) is 109 Å². The lowest BCUT2D eigenvalue weighted by Gasteiger charge is -2.31. The van der Waals surface area contributed by atoms with E-state index >= 15 is 0 Å². The Morgan fingerprint density at radius 3 is 1.25 bits per heavy atom. The van der Waals surface area contributed by atoms with E-state index in [2.05, 4.69) is 123 Å². The fourth-order valence-electron chi connectivity index (χ4n) is 5.63. The van der Waals surface area contributed by atoms with Gasteiger partial charge in [-0.3, -0.25) is 0 Å². The average molecular weight is 489 g/mol. The minimum Gasteiger partial charge on any atom is -0.496 e. The van der Waals surface area contributed by atoms with Gasteiger partial charge in [-0.2, -0.15) is 0 Å². The van der Waals surface area contributed by atoms with Gasteiger partial charge >= 0.3 is 0 Å². The molecule has 0 radical (unpaired) electrons. The first-order valence-electron chi connectivity index (χ1n) is 12.5. The Morgan fingerprint density at radius 2 is 0.889 bits per heavy atom. The second-order valence-electron chi connectivity index (χ2n) is 9.32. The van der Waals surface area contributed by atoms with Gasteiger partial charge in [-0.25, -0.2) is 0 Å². The van der Waals surface area contributed by atoms with E-state index in [1.54, 1.807) is 14.2 Å². The summed E-state index contributed by atoms with van der Waals surface area (Å²) in [6, 6.07) is 39.7. The first-order chi connectivity index (χ1) is 17.6. The first-order valence-corrected chi connectivity index (χ1v) is 15.2. The summed E-state index contributed by atoms with van der Waals surface area (Å²) in [6.45, 7) is 4.85. The number of para-hydroxylation sites is 2.